The molecule has 0 aliphatic carbocycles. The number of aliphatic hydroxyl groups excluding tert-OH is 1. The molecule has 0 spiro atoms. The van der Waals surface area contributed by atoms with E-state index >= 15 is 0 Å². The highest BCUT2D eigenvalue weighted by molar-refractivity contribution is 5.72. The van der Waals surface area contributed by atoms with E-state index in [1.165, 1.54) is 0 Å². The zero-order valence-electron chi connectivity index (χ0n) is 7.90. The minimum absolute atomic E-state index is 0.225. The van der Waals surface area contributed by atoms with Crippen LogP contribution in [0.2, 0.25) is 0 Å². The molecule has 0 radical (unpaired) electrons. The lowest BCUT2D eigenvalue weighted by molar-refractivity contribution is -0.146. The third kappa shape index (κ3) is 3.20. The van der Waals surface area contributed by atoms with Crippen molar-refractivity contribution in [3.8, 4) is 0 Å². The minimum Gasteiger partial charge on any atom is -0.479 e. The molecule has 1 rings (SSSR count). The lowest BCUT2D eigenvalue weighted by Crippen LogP contribution is -2.22. The number of halogens is 3. The molecule has 0 aromatic carbocycles. The Morgan fingerprint density at radius 2 is 2.06 bits per heavy atom. The predicted molar refractivity (Wildman–Crippen MR) is 46.6 cm³/mol. The fraction of sp³-hybridized carbons (Fsp3) is 0.333. The number of hydrogen-bond acceptors (Lipinski definition) is 3. The minimum atomic E-state index is -4.52. The average Bonchev–Trinajstić information content (AvgIpc) is 2.17. The number of aromatic nitrogens is 1. The van der Waals surface area contributed by atoms with Crippen molar-refractivity contribution in [3.05, 3.63) is 29.6 Å². The lowest BCUT2D eigenvalue weighted by atomic mass is 10.1. The predicted octanol–water partition coefficient (Wildman–Crippen LogP) is 1.09. The molecule has 7 heteroatoms. The summed E-state index contributed by atoms with van der Waals surface area (Å²) in [6.07, 6.45) is -5.54. The Labute approximate surface area is 88.4 Å². The van der Waals surface area contributed by atoms with Gasteiger partial charge in [-0.25, -0.2) is 4.79 Å². The Hall–Kier alpha value is -1.63. The van der Waals surface area contributed by atoms with Crippen LogP contribution in [0.25, 0.3) is 0 Å². The average molecular weight is 235 g/mol. The summed E-state index contributed by atoms with van der Waals surface area (Å²) < 4.78 is 36.3. The van der Waals surface area contributed by atoms with Gasteiger partial charge in [-0.3, -0.25) is 4.98 Å². The number of aliphatic hydroxyl groups is 1. The molecule has 1 aromatic rings. The number of rotatable bonds is 3. The molecule has 0 fully saturated rings. The van der Waals surface area contributed by atoms with Crippen LogP contribution in [0.5, 0.6) is 0 Å². The van der Waals surface area contributed by atoms with Gasteiger partial charge in [0.2, 0.25) is 0 Å². The molecule has 4 nitrogen and oxygen atoms in total. The van der Waals surface area contributed by atoms with E-state index in [-0.39, 0.29) is 12.0 Å². The van der Waals surface area contributed by atoms with Crippen LogP contribution < -0.4 is 0 Å². The molecule has 0 saturated carbocycles. The number of carbonyl (C=O) groups is 1. The number of pyridine rings is 1. The SMILES string of the molecule is O=C(O)[C@H](O)Cc1ccc(C(F)(F)F)nc1. The first-order valence-electron chi connectivity index (χ1n) is 4.23. The summed E-state index contributed by atoms with van der Waals surface area (Å²) in [6, 6.07) is 1.83. The van der Waals surface area contributed by atoms with Gasteiger partial charge in [-0.1, -0.05) is 6.07 Å². The van der Waals surface area contributed by atoms with Crippen molar-refractivity contribution in [1.82, 2.24) is 4.98 Å². The zero-order valence-corrected chi connectivity index (χ0v) is 7.90. The van der Waals surface area contributed by atoms with Gasteiger partial charge in [-0.05, 0) is 11.6 Å². The molecule has 16 heavy (non-hydrogen) atoms. The Morgan fingerprint density at radius 3 is 2.44 bits per heavy atom. The summed E-state index contributed by atoms with van der Waals surface area (Å²) in [5.74, 6) is -1.43. The van der Waals surface area contributed by atoms with Gasteiger partial charge < -0.3 is 10.2 Å². The Kier molecular flexibility index (Phi) is 3.48. The monoisotopic (exact) mass is 235 g/mol. The normalized spacial score (nSPS) is 13.5. The highest BCUT2D eigenvalue weighted by Crippen LogP contribution is 2.27. The van der Waals surface area contributed by atoms with Crippen molar-refractivity contribution < 1.29 is 28.2 Å². The summed E-state index contributed by atoms with van der Waals surface area (Å²) in [5, 5.41) is 17.3. The molecular formula is C9H8F3NO3. The van der Waals surface area contributed by atoms with Gasteiger partial charge in [0.15, 0.2) is 6.10 Å². The van der Waals surface area contributed by atoms with Crippen molar-refractivity contribution in [3.63, 3.8) is 0 Å². The molecule has 0 unspecified atom stereocenters. The van der Waals surface area contributed by atoms with Gasteiger partial charge in [-0.15, -0.1) is 0 Å². The third-order valence-corrected chi connectivity index (χ3v) is 1.83. The highest BCUT2D eigenvalue weighted by Gasteiger charge is 2.32. The number of nitrogens with zero attached hydrogens (tertiary/aromatic N) is 1. The highest BCUT2D eigenvalue weighted by atomic mass is 19.4. The summed E-state index contributed by atoms with van der Waals surface area (Å²) in [7, 11) is 0. The van der Waals surface area contributed by atoms with Crippen LogP contribution in [0.1, 0.15) is 11.3 Å². The maximum atomic E-state index is 12.1. The van der Waals surface area contributed by atoms with Crippen LogP contribution in [-0.4, -0.2) is 27.3 Å². The Morgan fingerprint density at radius 1 is 1.44 bits per heavy atom. The van der Waals surface area contributed by atoms with E-state index in [1.54, 1.807) is 0 Å². The summed E-state index contributed by atoms with van der Waals surface area (Å²) in [4.78, 5) is 13.4. The van der Waals surface area contributed by atoms with Crippen LogP contribution in [-0.2, 0) is 17.4 Å². The first-order valence-corrected chi connectivity index (χ1v) is 4.23. The van der Waals surface area contributed by atoms with Gasteiger partial charge in [0.1, 0.15) is 5.69 Å². The van der Waals surface area contributed by atoms with Crippen LogP contribution >= 0.6 is 0 Å². The van der Waals surface area contributed by atoms with Crippen molar-refractivity contribution in [1.29, 1.82) is 0 Å². The molecule has 0 aliphatic rings. The fourth-order valence-electron chi connectivity index (χ4n) is 1.02. The van der Waals surface area contributed by atoms with E-state index in [0.29, 0.717) is 0 Å². The molecule has 1 heterocycles. The lowest BCUT2D eigenvalue weighted by Gasteiger charge is -2.07. The second-order valence-corrected chi connectivity index (χ2v) is 3.11. The van der Waals surface area contributed by atoms with Crippen molar-refractivity contribution >= 4 is 5.97 Å². The Balaban J connectivity index is 2.76. The summed E-state index contributed by atoms with van der Waals surface area (Å²) >= 11 is 0. The van der Waals surface area contributed by atoms with E-state index in [9.17, 15) is 18.0 Å². The van der Waals surface area contributed by atoms with E-state index < -0.39 is 23.9 Å². The molecule has 0 amide bonds. The molecule has 88 valence electrons. The molecular weight excluding hydrogens is 227 g/mol. The van der Waals surface area contributed by atoms with Crippen LogP contribution in [0.15, 0.2) is 18.3 Å². The first kappa shape index (κ1) is 12.4. The zero-order chi connectivity index (χ0) is 12.3. The van der Waals surface area contributed by atoms with Gasteiger partial charge in [0.25, 0.3) is 0 Å². The topological polar surface area (TPSA) is 70.4 Å². The maximum absolute atomic E-state index is 12.1. The summed E-state index contributed by atoms with van der Waals surface area (Å²) in [5.41, 5.74) is -0.830. The van der Waals surface area contributed by atoms with Crippen molar-refractivity contribution in [2.45, 2.75) is 18.7 Å². The van der Waals surface area contributed by atoms with Crippen molar-refractivity contribution in [2.24, 2.45) is 0 Å². The van der Waals surface area contributed by atoms with Crippen LogP contribution in [0, 0.1) is 0 Å². The second-order valence-electron chi connectivity index (χ2n) is 3.11. The third-order valence-electron chi connectivity index (χ3n) is 1.83. The van der Waals surface area contributed by atoms with Gasteiger partial charge in [-0.2, -0.15) is 13.2 Å². The fourth-order valence-corrected chi connectivity index (χ4v) is 1.02. The van der Waals surface area contributed by atoms with E-state index in [0.717, 1.165) is 18.3 Å². The van der Waals surface area contributed by atoms with Crippen LogP contribution in [0.3, 0.4) is 0 Å². The number of carboxylic acid groups (broad SMARTS) is 1. The molecule has 0 bridgehead atoms. The van der Waals surface area contributed by atoms with Gasteiger partial charge >= 0.3 is 12.1 Å². The molecule has 1 aromatic heterocycles. The molecule has 0 aliphatic heterocycles. The van der Waals surface area contributed by atoms with Gasteiger partial charge in [0.05, 0.1) is 0 Å². The van der Waals surface area contributed by atoms with Gasteiger partial charge in [0, 0.05) is 12.6 Å². The number of hydrogen-bond donors (Lipinski definition) is 2. The van der Waals surface area contributed by atoms with E-state index in [1.807, 2.05) is 0 Å². The number of alkyl halides is 3. The standard InChI is InChI=1S/C9H8F3NO3/c10-9(11,12)7-2-1-5(4-13-7)3-6(14)8(15)16/h1-2,4,6,14H,3H2,(H,15,16)/t6-/m1/s1. The largest absolute Gasteiger partial charge is 0.479 e. The molecule has 2 N–H and O–H groups in total. The van der Waals surface area contributed by atoms with Crippen molar-refractivity contribution in [2.75, 3.05) is 0 Å². The number of carboxylic acids is 1. The van der Waals surface area contributed by atoms with E-state index in [2.05, 4.69) is 4.98 Å². The second kappa shape index (κ2) is 4.48. The van der Waals surface area contributed by atoms with Crippen LogP contribution in [0.4, 0.5) is 13.2 Å². The smallest absolute Gasteiger partial charge is 0.433 e. The number of aliphatic carboxylic acids is 1. The van der Waals surface area contributed by atoms with E-state index in [4.69, 9.17) is 10.2 Å². The Bertz CT molecular complexity index is 375. The quantitative estimate of drug-likeness (QED) is 0.822. The molecule has 0 saturated heterocycles. The maximum Gasteiger partial charge on any atom is 0.433 e. The summed E-state index contributed by atoms with van der Waals surface area (Å²) in [6.45, 7) is 0. The first-order chi connectivity index (χ1) is 7.30. The molecule has 1 atom stereocenters.